The van der Waals surface area contributed by atoms with Gasteiger partial charge in [0, 0.05) is 12.8 Å². The second-order valence-electron chi connectivity index (χ2n) is 20.4. The summed E-state index contributed by atoms with van der Waals surface area (Å²) in [5, 5.41) is 40.3. The molecule has 0 spiro atoms. The van der Waals surface area contributed by atoms with Gasteiger partial charge in [-0.1, -0.05) is 229 Å². The Morgan fingerprint density at radius 1 is 0.437 bits per heavy atom. The van der Waals surface area contributed by atoms with Gasteiger partial charge in [-0.15, -0.1) is 0 Å². The molecule has 1 aliphatic rings. The maximum Gasteiger partial charge on any atom is 0.306 e. The fourth-order valence-corrected chi connectivity index (χ4v) is 9.02. The lowest BCUT2D eigenvalue weighted by Crippen LogP contribution is -2.59. The Morgan fingerprint density at radius 3 is 1.17 bits per heavy atom. The quantitative estimate of drug-likeness (QED) is 0.0263. The van der Waals surface area contributed by atoms with Crippen molar-refractivity contribution in [2.24, 2.45) is 0 Å². The molecule has 1 rings (SSSR count). The number of allylic oxidation sites excluding steroid dienone is 8. The van der Waals surface area contributed by atoms with E-state index >= 15 is 0 Å². The normalized spacial score (nSPS) is 19.0. The lowest BCUT2D eigenvalue weighted by Gasteiger charge is -2.39. The van der Waals surface area contributed by atoms with Crippen molar-refractivity contribution >= 4 is 11.9 Å². The van der Waals surface area contributed by atoms with Gasteiger partial charge in [-0.3, -0.25) is 9.59 Å². The molecule has 0 bridgehead atoms. The van der Waals surface area contributed by atoms with Gasteiger partial charge in [-0.2, -0.15) is 0 Å². The smallest absolute Gasteiger partial charge is 0.306 e. The van der Waals surface area contributed by atoms with E-state index in [1.54, 1.807) is 0 Å². The number of hydrogen-bond donors (Lipinski definition) is 4. The summed E-state index contributed by atoms with van der Waals surface area (Å²) in [4.78, 5) is 25.6. The molecule has 414 valence electrons. The number of hydrogen-bond acceptors (Lipinski definition) is 10. The fourth-order valence-electron chi connectivity index (χ4n) is 9.02. The fraction of sp³-hybridized carbons (Fsp3) is 0.836. The van der Waals surface area contributed by atoms with E-state index in [0.29, 0.717) is 6.42 Å². The summed E-state index contributed by atoms with van der Waals surface area (Å²) in [6, 6.07) is 0. The second kappa shape index (κ2) is 51.2. The van der Waals surface area contributed by atoms with E-state index in [-0.39, 0.29) is 32.0 Å². The molecule has 1 saturated heterocycles. The molecule has 0 radical (unpaired) electrons. The molecule has 6 unspecified atom stereocenters. The minimum Gasteiger partial charge on any atom is -0.462 e. The Morgan fingerprint density at radius 2 is 0.789 bits per heavy atom. The van der Waals surface area contributed by atoms with Crippen LogP contribution < -0.4 is 0 Å². The number of aliphatic hydroxyl groups excluding tert-OH is 4. The van der Waals surface area contributed by atoms with Crippen molar-refractivity contribution in [3.63, 3.8) is 0 Å². The molecule has 0 aromatic rings. The molecule has 0 amide bonds. The zero-order valence-electron chi connectivity index (χ0n) is 45.7. The Balaban J connectivity index is 2.20. The number of rotatable bonds is 51. The number of carbonyl (C=O) groups excluding carboxylic acids is 2. The molecule has 0 saturated carbocycles. The van der Waals surface area contributed by atoms with Gasteiger partial charge >= 0.3 is 11.9 Å². The van der Waals surface area contributed by atoms with E-state index in [0.717, 1.165) is 57.8 Å². The minimum absolute atomic E-state index is 0.218. The lowest BCUT2D eigenvalue weighted by molar-refractivity contribution is -0.305. The molecular weight excluding hydrogens is 893 g/mol. The summed E-state index contributed by atoms with van der Waals surface area (Å²) in [5.41, 5.74) is 0. The summed E-state index contributed by atoms with van der Waals surface area (Å²) in [6.45, 7) is 3.44. The molecule has 6 atom stereocenters. The summed E-state index contributed by atoms with van der Waals surface area (Å²) in [6.07, 6.45) is 56.9. The number of esters is 2. The number of ether oxygens (including phenoxy) is 4. The highest BCUT2D eigenvalue weighted by Gasteiger charge is 2.44. The Labute approximate surface area is 435 Å². The van der Waals surface area contributed by atoms with Crippen LogP contribution in [0.3, 0.4) is 0 Å². The van der Waals surface area contributed by atoms with Crippen LogP contribution in [0.4, 0.5) is 0 Å². The number of carbonyl (C=O) groups is 2. The molecule has 1 heterocycles. The van der Waals surface area contributed by atoms with Gasteiger partial charge in [-0.25, -0.2) is 0 Å². The van der Waals surface area contributed by atoms with Crippen molar-refractivity contribution in [3.8, 4) is 0 Å². The van der Waals surface area contributed by atoms with Crippen LogP contribution in [0.25, 0.3) is 0 Å². The van der Waals surface area contributed by atoms with Crippen LogP contribution in [0.2, 0.25) is 0 Å². The van der Waals surface area contributed by atoms with Crippen molar-refractivity contribution in [3.05, 3.63) is 48.6 Å². The molecule has 0 aromatic carbocycles. The third-order valence-corrected chi connectivity index (χ3v) is 13.7. The average Bonchev–Trinajstić information content (AvgIpc) is 3.37. The lowest BCUT2D eigenvalue weighted by atomic mass is 9.99. The monoisotopic (exact) mass is 1000 g/mol. The molecule has 1 fully saturated rings. The highest BCUT2D eigenvalue weighted by atomic mass is 16.7. The Hall–Kier alpha value is -2.34. The number of unbranched alkanes of at least 4 members (excludes halogenated alkanes) is 32. The molecular formula is C61H110O10. The Bertz CT molecular complexity index is 1300. The van der Waals surface area contributed by atoms with Crippen molar-refractivity contribution < 1.29 is 49.0 Å². The van der Waals surface area contributed by atoms with Crippen molar-refractivity contribution in [1.82, 2.24) is 0 Å². The first-order valence-corrected chi connectivity index (χ1v) is 29.7. The van der Waals surface area contributed by atoms with Gasteiger partial charge in [0.05, 0.1) is 13.2 Å². The van der Waals surface area contributed by atoms with Crippen molar-refractivity contribution in [1.29, 1.82) is 0 Å². The van der Waals surface area contributed by atoms with Gasteiger partial charge in [0.2, 0.25) is 0 Å². The highest BCUT2D eigenvalue weighted by Crippen LogP contribution is 2.23. The predicted octanol–water partition coefficient (Wildman–Crippen LogP) is 15.1. The second-order valence-corrected chi connectivity index (χ2v) is 20.4. The first-order valence-electron chi connectivity index (χ1n) is 29.7. The minimum atomic E-state index is -1.60. The van der Waals surface area contributed by atoms with Crippen LogP contribution in [0.1, 0.15) is 271 Å². The van der Waals surface area contributed by atoms with Crippen molar-refractivity contribution in [2.75, 3.05) is 19.8 Å². The van der Waals surface area contributed by atoms with Crippen LogP contribution in [0.15, 0.2) is 48.6 Å². The van der Waals surface area contributed by atoms with E-state index in [1.165, 1.54) is 180 Å². The summed E-state index contributed by atoms with van der Waals surface area (Å²) >= 11 is 0. The largest absolute Gasteiger partial charge is 0.462 e. The zero-order chi connectivity index (χ0) is 51.5. The highest BCUT2D eigenvalue weighted by molar-refractivity contribution is 5.70. The van der Waals surface area contributed by atoms with Gasteiger partial charge in [0.25, 0.3) is 0 Å². The van der Waals surface area contributed by atoms with Gasteiger partial charge < -0.3 is 39.4 Å². The first-order chi connectivity index (χ1) is 34.8. The van der Waals surface area contributed by atoms with E-state index in [2.05, 4.69) is 62.5 Å². The van der Waals surface area contributed by atoms with E-state index < -0.39 is 49.4 Å². The molecule has 0 aromatic heterocycles. The van der Waals surface area contributed by atoms with Crippen LogP contribution in [-0.4, -0.2) is 89.0 Å². The average molecular weight is 1000 g/mol. The van der Waals surface area contributed by atoms with Crippen LogP contribution in [0, 0.1) is 0 Å². The summed E-state index contributed by atoms with van der Waals surface area (Å²) in [5.74, 6) is -0.801. The van der Waals surface area contributed by atoms with Crippen LogP contribution >= 0.6 is 0 Å². The predicted molar refractivity (Wildman–Crippen MR) is 293 cm³/mol. The number of aliphatic hydroxyl groups is 4. The van der Waals surface area contributed by atoms with Crippen LogP contribution in [0.5, 0.6) is 0 Å². The SMILES string of the molecule is CCCCCCC/C=C\C/C=C\CCCCCCCCCCCCCC(=O)OCC(COC1OC(CO)C(O)C(O)C1O)OC(=O)CCCCCCCCCCCCC/C=C\C/C=C\CCCCCCC. The topological polar surface area (TPSA) is 152 Å². The summed E-state index contributed by atoms with van der Waals surface area (Å²) in [7, 11) is 0. The van der Waals surface area contributed by atoms with E-state index in [4.69, 9.17) is 18.9 Å². The van der Waals surface area contributed by atoms with Gasteiger partial charge in [0.15, 0.2) is 12.4 Å². The molecule has 4 N–H and O–H groups in total. The maximum absolute atomic E-state index is 12.9. The molecule has 10 nitrogen and oxygen atoms in total. The van der Waals surface area contributed by atoms with E-state index in [9.17, 15) is 30.0 Å². The molecule has 10 heteroatoms. The molecule has 0 aliphatic carbocycles. The third kappa shape index (κ3) is 41.7. The third-order valence-electron chi connectivity index (χ3n) is 13.7. The van der Waals surface area contributed by atoms with E-state index in [1.807, 2.05) is 0 Å². The first kappa shape index (κ1) is 66.7. The Kier molecular flexibility index (Phi) is 48.0. The zero-order valence-corrected chi connectivity index (χ0v) is 45.7. The summed E-state index contributed by atoms with van der Waals surface area (Å²) < 4.78 is 22.3. The van der Waals surface area contributed by atoms with Gasteiger partial charge in [-0.05, 0) is 77.0 Å². The maximum atomic E-state index is 12.9. The van der Waals surface area contributed by atoms with Gasteiger partial charge in [0.1, 0.15) is 31.0 Å². The molecule has 71 heavy (non-hydrogen) atoms. The van der Waals surface area contributed by atoms with Crippen LogP contribution in [-0.2, 0) is 28.5 Å². The van der Waals surface area contributed by atoms with Crippen molar-refractivity contribution in [2.45, 2.75) is 307 Å². The standard InChI is InChI=1S/C61H110O10/c1-3-5-7-9-11-13-15-17-19-21-23-25-27-29-31-33-35-37-39-41-43-45-47-49-56(63)68-52-54(53-69-61-60(67)59(66)58(65)55(51-62)71-61)70-57(64)50-48-46-44-42-40-38-36-34-32-30-28-26-24-22-20-18-16-14-12-10-8-6-4-2/h15-18,21-24,54-55,58-62,65-67H,3-14,19-20,25-53H2,1-2H3/b17-15-,18-16-,23-21-,24-22-. The molecule has 1 aliphatic heterocycles.